The lowest BCUT2D eigenvalue weighted by molar-refractivity contribution is -0.107. The van der Waals surface area contributed by atoms with Gasteiger partial charge in [-0.1, -0.05) is 0 Å². The number of benzene rings is 1. The molecule has 0 heterocycles. The number of hydrogen-bond donors (Lipinski definition) is 0. The van der Waals surface area contributed by atoms with Gasteiger partial charge in [-0.3, -0.25) is 4.79 Å². The van der Waals surface area contributed by atoms with E-state index in [9.17, 15) is 9.59 Å². The van der Waals surface area contributed by atoms with Crippen LogP contribution in [0.1, 0.15) is 16.8 Å². The zero-order valence-electron chi connectivity index (χ0n) is 7.62. The van der Waals surface area contributed by atoms with Crippen LogP contribution in [-0.2, 0) is 4.79 Å². The summed E-state index contributed by atoms with van der Waals surface area (Å²) >= 11 is 3.26. The second-order valence-electron chi connectivity index (χ2n) is 2.64. The first-order valence-electron chi connectivity index (χ1n) is 3.99. The third-order valence-electron chi connectivity index (χ3n) is 1.74. The summed E-state index contributed by atoms with van der Waals surface area (Å²) in [4.78, 5) is 21.4. The predicted molar refractivity (Wildman–Crippen MR) is 55.7 cm³/mol. The summed E-state index contributed by atoms with van der Waals surface area (Å²) in [7, 11) is 1.55. The Bertz CT molecular complexity index is 360. The van der Waals surface area contributed by atoms with Gasteiger partial charge in [0.25, 0.3) is 0 Å². The van der Waals surface area contributed by atoms with Gasteiger partial charge in [0.15, 0.2) is 5.78 Å². The van der Waals surface area contributed by atoms with Gasteiger partial charge in [0.1, 0.15) is 12.0 Å². The normalized spacial score (nSPS) is 9.57. The van der Waals surface area contributed by atoms with E-state index in [0.717, 1.165) is 0 Å². The number of Topliss-reactive ketones (excluding diaryl/α,β-unsaturated/α-hetero) is 1. The second kappa shape index (κ2) is 4.91. The van der Waals surface area contributed by atoms with Gasteiger partial charge in [-0.2, -0.15) is 0 Å². The lowest BCUT2D eigenvalue weighted by Crippen LogP contribution is -1.99. The summed E-state index contributed by atoms with van der Waals surface area (Å²) in [5, 5.41) is 0. The average molecular weight is 257 g/mol. The molecule has 0 bridgehead atoms. The van der Waals surface area contributed by atoms with Crippen LogP contribution in [0, 0.1) is 0 Å². The van der Waals surface area contributed by atoms with E-state index in [-0.39, 0.29) is 12.2 Å². The fourth-order valence-corrected chi connectivity index (χ4v) is 1.57. The van der Waals surface area contributed by atoms with Crippen molar-refractivity contribution in [1.29, 1.82) is 0 Å². The minimum Gasteiger partial charge on any atom is -0.496 e. The number of aldehydes is 1. The first-order chi connectivity index (χ1) is 6.69. The van der Waals surface area contributed by atoms with E-state index in [1.807, 2.05) is 0 Å². The molecule has 1 rings (SSSR count). The summed E-state index contributed by atoms with van der Waals surface area (Å²) in [5.41, 5.74) is 0.504. The van der Waals surface area contributed by atoms with Crippen molar-refractivity contribution in [1.82, 2.24) is 0 Å². The molecule has 0 spiro atoms. The van der Waals surface area contributed by atoms with Gasteiger partial charge in [0.2, 0.25) is 0 Å². The van der Waals surface area contributed by atoms with E-state index in [1.165, 1.54) is 0 Å². The van der Waals surface area contributed by atoms with Crippen molar-refractivity contribution in [2.75, 3.05) is 7.11 Å². The highest BCUT2D eigenvalue weighted by Crippen LogP contribution is 2.25. The maximum atomic E-state index is 11.3. The first kappa shape index (κ1) is 10.9. The van der Waals surface area contributed by atoms with E-state index < -0.39 is 0 Å². The van der Waals surface area contributed by atoms with E-state index in [2.05, 4.69) is 15.9 Å². The number of ether oxygens (including phenoxy) is 1. The number of halogens is 1. The number of ketones is 1. The van der Waals surface area contributed by atoms with Crippen molar-refractivity contribution < 1.29 is 14.3 Å². The minimum absolute atomic E-state index is 0.0846. The monoisotopic (exact) mass is 256 g/mol. The Balaban J connectivity index is 2.96. The Kier molecular flexibility index (Phi) is 3.83. The molecule has 0 saturated carbocycles. The van der Waals surface area contributed by atoms with Gasteiger partial charge >= 0.3 is 0 Å². The van der Waals surface area contributed by atoms with Crippen molar-refractivity contribution in [3.05, 3.63) is 28.2 Å². The topological polar surface area (TPSA) is 43.4 Å². The molecular formula is C10H9BrO3. The molecule has 0 aliphatic carbocycles. The van der Waals surface area contributed by atoms with Crippen molar-refractivity contribution in [2.45, 2.75) is 6.42 Å². The van der Waals surface area contributed by atoms with E-state index >= 15 is 0 Å². The first-order valence-corrected chi connectivity index (χ1v) is 4.78. The summed E-state index contributed by atoms with van der Waals surface area (Å²) in [6.45, 7) is 0. The number of carbonyl (C=O) groups is 2. The van der Waals surface area contributed by atoms with Crippen LogP contribution in [0.3, 0.4) is 0 Å². The summed E-state index contributed by atoms with van der Waals surface area (Å²) < 4.78 is 5.72. The predicted octanol–water partition coefficient (Wildman–Crippen LogP) is 2.23. The standard InChI is InChI=1S/C10H9BrO3/c1-14-10-3-2-7(6-8(10)11)9(13)4-5-12/h2-3,5-6H,4H2,1H3. The Hall–Kier alpha value is -1.16. The van der Waals surface area contributed by atoms with Crippen LogP contribution in [0.4, 0.5) is 0 Å². The van der Waals surface area contributed by atoms with Crippen molar-refractivity contribution in [3.63, 3.8) is 0 Å². The molecule has 0 aliphatic heterocycles. The molecular weight excluding hydrogens is 248 g/mol. The zero-order valence-corrected chi connectivity index (χ0v) is 9.21. The molecule has 0 amide bonds. The lowest BCUT2D eigenvalue weighted by atomic mass is 10.1. The molecule has 0 aromatic heterocycles. The molecule has 1 aromatic rings. The van der Waals surface area contributed by atoms with Crippen LogP contribution in [0.2, 0.25) is 0 Å². The molecule has 0 atom stereocenters. The van der Waals surface area contributed by atoms with Gasteiger partial charge in [-0.25, -0.2) is 0 Å². The van der Waals surface area contributed by atoms with Crippen LogP contribution < -0.4 is 4.74 Å². The highest BCUT2D eigenvalue weighted by atomic mass is 79.9. The largest absolute Gasteiger partial charge is 0.496 e. The smallest absolute Gasteiger partial charge is 0.169 e. The molecule has 1 aromatic carbocycles. The van der Waals surface area contributed by atoms with Crippen LogP contribution >= 0.6 is 15.9 Å². The van der Waals surface area contributed by atoms with Gasteiger partial charge < -0.3 is 9.53 Å². The van der Waals surface area contributed by atoms with Crippen LogP contribution in [0.5, 0.6) is 5.75 Å². The Morgan fingerprint density at radius 3 is 2.79 bits per heavy atom. The van der Waals surface area contributed by atoms with Gasteiger partial charge in [0.05, 0.1) is 18.0 Å². The fraction of sp³-hybridized carbons (Fsp3) is 0.200. The molecule has 3 nitrogen and oxygen atoms in total. The van der Waals surface area contributed by atoms with Crippen LogP contribution in [0.25, 0.3) is 0 Å². The molecule has 0 aliphatic rings. The molecule has 0 radical (unpaired) electrons. The molecule has 0 fully saturated rings. The second-order valence-corrected chi connectivity index (χ2v) is 3.50. The quantitative estimate of drug-likeness (QED) is 0.472. The maximum absolute atomic E-state index is 11.3. The molecule has 0 saturated heterocycles. The fourth-order valence-electron chi connectivity index (χ4n) is 1.03. The number of hydrogen-bond acceptors (Lipinski definition) is 3. The Labute approximate surface area is 90.2 Å². The molecule has 74 valence electrons. The van der Waals surface area contributed by atoms with Crippen molar-refractivity contribution in [2.24, 2.45) is 0 Å². The molecule has 0 N–H and O–H groups in total. The van der Waals surface area contributed by atoms with Gasteiger partial charge in [0, 0.05) is 5.56 Å². The number of methoxy groups -OCH3 is 1. The highest BCUT2D eigenvalue weighted by Gasteiger charge is 2.07. The van der Waals surface area contributed by atoms with Crippen molar-refractivity contribution in [3.8, 4) is 5.75 Å². The van der Waals surface area contributed by atoms with E-state index in [1.54, 1.807) is 25.3 Å². The molecule has 14 heavy (non-hydrogen) atoms. The SMILES string of the molecule is COc1ccc(C(=O)CC=O)cc1Br. The zero-order chi connectivity index (χ0) is 10.6. The molecule has 0 unspecified atom stereocenters. The average Bonchev–Trinajstić information content (AvgIpc) is 2.18. The van der Waals surface area contributed by atoms with E-state index in [4.69, 9.17) is 4.74 Å². The Morgan fingerprint density at radius 1 is 1.57 bits per heavy atom. The number of rotatable bonds is 4. The summed E-state index contributed by atoms with van der Waals surface area (Å²) in [6, 6.07) is 4.96. The lowest BCUT2D eigenvalue weighted by Gasteiger charge is -2.04. The minimum atomic E-state index is -0.191. The van der Waals surface area contributed by atoms with Crippen LogP contribution in [-0.4, -0.2) is 19.2 Å². The molecule has 4 heteroatoms. The van der Waals surface area contributed by atoms with Gasteiger partial charge in [-0.05, 0) is 34.1 Å². The maximum Gasteiger partial charge on any atom is 0.169 e. The van der Waals surface area contributed by atoms with E-state index in [0.29, 0.717) is 22.1 Å². The third kappa shape index (κ3) is 2.42. The van der Waals surface area contributed by atoms with Gasteiger partial charge in [-0.15, -0.1) is 0 Å². The van der Waals surface area contributed by atoms with Crippen LogP contribution in [0.15, 0.2) is 22.7 Å². The summed E-state index contributed by atoms with van der Waals surface area (Å²) in [6.07, 6.45) is 0.513. The number of carbonyl (C=O) groups excluding carboxylic acids is 2. The highest BCUT2D eigenvalue weighted by molar-refractivity contribution is 9.10. The Morgan fingerprint density at radius 2 is 2.29 bits per heavy atom. The summed E-state index contributed by atoms with van der Waals surface area (Å²) in [5.74, 6) is 0.469. The third-order valence-corrected chi connectivity index (χ3v) is 2.36. The van der Waals surface area contributed by atoms with Crippen molar-refractivity contribution >= 4 is 28.0 Å².